The number of carbonyl (C=O) groups is 1. The smallest absolute Gasteiger partial charge is 0.302 e. The van der Waals surface area contributed by atoms with Crippen LogP contribution in [0.25, 0.3) is 0 Å². The minimum atomic E-state index is -4.60. The molecule has 0 saturated heterocycles. The summed E-state index contributed by atoms with van der Waals surface area (Å²) in [5.41, 5.74) is 1.36. The predicted octanol–water partition coefficient (Wildman–Crippen LogP) is 4.39. The van der Waals surface area contributed by atoms with Crippen LogP contribution in [0.2, 0.25) is 0 Å². The third kappa shape index (κ3) is 6.13. The first-order valence-corrected chi connectivity index (χ1v) is 13.8. The Balaban J connectivity index is 1.44. The number of nitrogens with zero attached hydrogens (tertiary/aromatic N) is 4. The molecule has 3 heterocycles. The van der Waals surface area contributed by atoms with Crippen LogP contribution in [-0.4, -0.2) is 40.4 Å². The van der Waals surface area contributed by atoms with Crippen molar-refractivity contribution in [3.05, 3.63) is 63.9 Å². The van der Waals surface area contributed by atoms with Crippen molar-refractivity contribution in [3.63, 3.8) is 0 Å². The highest BCUT2D eigenvalue weighted by atomic mass is 32.2. The summed E-state index contributed by atoms with van der Waals surface area (Å²) in [4.78, 5) is 26.8. The fourth-order valence-electron chi connectivity index (χ4n) is 4.16. The number of hydrogen-bond donors (Lipinski definition) is 1. The van der Waals surface area contributed by atoms with Gasteiger partial charge in [0.25, 0.3) is 0 Å². The molecule has 1 atom stereocenters. The summed E-state index contributed by atoms with van der Waals surface area (Å²) in [5, 5.41) is 3.03. The number of fused-ring (bicyclic) bond motifs is 1. The van der Waals surface area contributed by atoms with Crippen molar-refractivity contribution in [1.82, 2.24) is 19.9 Å². The Hall–Kier alpha value is -2.97. The van der Waals surface area contributed by atoms with Crippen LogP contribution in [0.1, 0.15) is 47.4 Å². The highest BCUT2D eigenvalue weighted by Crippen LogP contribution is 2.43. The van der Waals surface area contributed by atoms with Gasteiger partial charge in [-0.3, -0.25) is 9.69 Å². The SMILES string of the molecule is CC(C)[C@H]1c2nc(NC(=O)Cc3ccc(S(C)(=O)=O)cc3F)sc2CN1Cc1cnc(C(F)(F)F)nc1. The quantitative estimate of drug-likeness (QED) is 0.430. The number of anilines is 1. The molecule has 1 N–H and O–H groups in total. The second kappa shape index (κ2) is 10.1. The molecular weight excluding hydrogens is 534 g/mol. The molecule has 8 nitrogen and oxygen atoms in total. The van der Waals surface area contributed by atoms with Crippen LogP contribution in [0.15, 0.2) is 35.5 Å². The Morgan fingerprint density at radius 1 is 1.24 bits per heavy atom. The van der Waals surface area contributed by atoms with Crippen molar-refractivity contribution in [3.8, 4) is 0 Å². The Labute approximate surface area is 214 Å². The number of sulfone groups is 1. The summed E-state index contributed by atoms with van der Waals surface area (Å²) in [6.45, 7) is 4.80. The van der Waals surface area contributed by atoms with E-state index in [1.165, 1.54) is 35.9 Å². The number of halogens is 4. The van der Waals surface area contributed by atoms with E-state index in [4.69, 9.17) is 0 Å². The van der Waals surface area contributed by atoms with Crippen molar-refractivity contribution in [1.29, 1.82) is 0 Å². The highest BCUT2D eigenvalue weighted by molar-refractivity contribution is 7.90. The van der Waals surface area contributed by atoms with Crippen molar-refractivity contribution < 1.29 is 30.8 Å². The molecule has 3 aromatic rings. The standard InChI is InChI=1S/C23H23F4N5O3S2/c1-12(2)20-19-17(11-32(20)10-13-8-28-21(29-9-13)23(25,26)27)36-22(31-19)30-18(33)6-14-4-5-15(7-16(14)24)37(3,34)35/h4-5,7-9,12,20H,6,10-11H2,1-3H3,(H,30,31,33)/t20-/m0/s1. The number of rotatable bonds is 7. The molecule has 0 saturated carbocycles. The molecule has 2 aromatic heterocycles. The largest absolute Gasteiger partial charge is 0.451 e. The molecule has 0 unspecified atom stereocenters. The lowest BCUT2D eigenvalue weighted by Crippen LogP contribution is -2.26. The molecule has 0 aliphatic carbocycles. The molecule has 1 amide bonds. The van der Waals surface area contributed by atoms with Gasteiger partial charge in [0.05, 0.1) is 23.1 Å². The normalized spacial score (nSPS) is 16.3. The van der Waals surface area contributed by atoms with Gasteiger partial charge in [-0.1, -0.05) is 19.9 Å². The second-order valence-electron chi connectivity index (χ2n) is 9.08. The molecule has 1 aliphatic heterocycles. The lowest BCUT2D eigenvalue weighted by Gasteiger charge is -2.27. The van der Waals surface area contributed by atoms with E-state index >= 15 is 0 Å². The van der Waals surface area contributed by atoms with E-state index in [0.717, 1.165) is 22.9 Å². The zero-order valence-electron chi connectivity index (χ0n) is 20.0. The monoisotopic (exact) mass is 557 g/mol. The topological polar surface area (TPSA) is 105 Å². The Kier molecular flexibility index (Phi) is 7.36. The lowest BCUT2D eigenvalue weighted by molar-refractivity contribution is -0.145. The first-order valence-electron chi connectivity index (χ1n) is 11.1. The number of carbonyl (C=O) groups excluding carboxylic acids is 1. The zero-order valence-corrected chi connectivity index (χ0v) is 21.6. The summed E-state index contributed by atoms with van der Waals surface area (Å²) in [6.07, 6.45) is -1.60. The summed E-state index contributed by atoms with van der Waals surface area (Å²) >= 11 is 1.27. The van der Waals surface area contributed by atoms with E-state index in [-0.39, 0.29) is 28.8 Å². The molecule has 198 valence electrons. The molecule has 0 bridgehead atoms. The number of nitrogens with one attached hydrogen (secondary N) is 1. The van der Waals surface area contributed by atoms with Gasteiger partial charge in [0, 0.05) is 42.2 Å². The van der Waals surface area contributed by atoms with E-state index in [0.29, 0.717) is 23.8 Å². The number of hydrogen-bond acceptors (Lipinski definition) is 8. The fraction of sp³-hybridized carbons (Fsp3) is 0.391. The van der Waals surface area contributed by atoms with Gasteiger partial charge in [0.15, 0.2) is 15.0 Å². The maximum atomic E-state index is 14.3. The Morgan fingerprint density at radius 2 is 1.92 bits per heavy atom. The van der Waals surface area contributed by atoms with Crippen LogP contribution in [0, 0.1) is 11.7 Å². The second-order valence-corrected chi connectivity index (χ2v) is 12.2. The van der Waals surface area contributed by atoms with E-state index in [1.807, 2.05) is 13.8 Å². The third-order valence-corrected chi connectivity index (χ3v) is 7.86. The van der Waals surface area contributed by atoms with E-state index in [2.05, 4.69) is 25.2 Å². The van der Waals surface area contributed by atoms with E-state index in [9.17, 15) is 30.8 Å². The Morgan fingerprint density at radius 3 is 2.49 bits per heavy atom. The van der Waals surface area contributed by atoms with Gasteiger partial charge in [-0.25, -0.2) is 27.8 Å². The summed E-state index contributed by atoms with van der Waals surface area (Å²) in [5.74, 6) is -2.36. The predicted molar refractivity (Wildman–Crippen MR) is 128 cm³/mol. The molecule has 0 spiro atoms. The van der Waals surface area contributed by atoms with Gasteiger partial charge >= 0.3 is 6.18 Å². The number of amides is 1. The molecular formula is C23H23F4N5O3S2. The van der Waals surface area contributed by atoms with Crippen LogP contribution >= 0.6 is 11.3 Å². The van der Waals surface area contributed by atoms with Crippen molar-refractivity contribution >= 4 is 32.2 Å². The van der Waals surface area contributed by atoms with Gasteiger partial charge in [0.1, 0.15) is 5.82 Å². The van der Waals surface area contributed by atoms with Crippen LogP contribution in [0.5, 0.6) is 0 Å². The zero-order chi connectivity index (χ0) is 27.1. The van der Waals surface area contributed by atoms with Gasteiger partial charge in [-0.05, 0) is 23.6 Å². The fourth-order valence-corrected chi connectivity index (χ4v) is 5.84. The lowest BCUT2D eigenvalue weighted by atomic mass is 10.0. The van der Waals surface area contributed by atoms with Crippen molar-refractivity contribution in [2.24, 2.45) is 5.92 Å². The molecule has 0 radical (unpaired) electrons. The Bertz CT molecular complexity index is 1420. The van der Waals surface area contributed by atoms with E-state index < -0.39 is 33.6 Å². The van der Waals surface area contributed by atoms with Gasteiger partial charge in [-0.15, -0.1) is 11.3 Å². The van der Waals surface area contributed by atoms with Crippen LogP contribution in [-0.2, 0) is 40.3 Å². The van der Waals surface area contributed by atoms with Gasteiger partial charge in [-0.2, -0.15) is 13.2 Å². The van der Waals surface area contributed by atoms with Crippen LogP contribution < -0.4 is 5.32 Å². The summed E-state index contributed by atoms with van der Waals surface area (Å²) in [7, 11) is -3.57. The molecule has 0 fully saturated rings. The van der Waals surface area contributed by atoms with Crippen molar-refractivity contribution in [2.45, 2.75) is 50.5 Å². The third-order valence-electron chi connectivity index (χ3n) is 5.77. The highest BCUT2D eigenvalue weighted by Gasteiger charge is 2.37. The van der Waals surface area contributed by atoms with Crippen LogP contribution in [0.3, 0.4) is 0 Å². The minimum Gasteiger partial charge on any atom is -0.302 e. The van der Waals surface area contributed by atoms with Crippen LogP contribution in [0.4, 0.5) is 22.7 Å². The average Bonchev–Trinajstić information content (AvgIpc) is 3.30. The molecule has 1 aliphatic rings. The summed E-state index contributed by atoms with van der Waals surface area (Å²) < 4.78 is 75.7. The van der Waals surface area contributed by atoms with Gasteiger partial charge < -0.3 is 5.32 Å². The number of alkyl halides is 3. The minimum absolute atomic E-state index is 0.0546. The first-order chi connectivity index (χ1) is 17.2. The summed E-state index contributed by atoms with van der Waals surface area (Å²) in [6, 6.07) is 3.27. The van der Waals surface area contributed by atoms with Crippen molar-refractivity contribution in [2.75, 3.05) is 11.6 Å². The number of benzene rings is 1. The molecule has 4 rings (SSSR count). The molecule has 14 heteroatoms. The molecule has 37 heavy (non-hydrogen) atoms. The average molecular weight is 558 g/mol. The van der Waals surface area contributed by atoms with Gasteiger partial charge in [0.2, 0.25) is 11.7 Å². The maximum absolute atomic E-state index is 14.3. The number of thiazole rings is 1. The molecule has 1 aromatic carbocycles. The first kappa shape index (κ1) is 27.1. The maximum Gasteiger partial charge on any atom is 0.451 e. The van der Waals surface area contributed by atoms with E-state index in [1.54, 1.807) is 0 Å². The number of aromatic nitrogens is 3.